The normalized spacial score (nSPS) is 19.9. The van der Waals surface area contributed by atoms with Crippen LogP contribution in [0.3, 0.4) is 0 Å². The van der Waals surface area contributed by atoms with Crippen molar-refractivity contribution in [3.63, 3.8) is 0 Å². The van der Waals surface area contributed by atoms with Crippen LogP contribution in [0.15, 0.2) is 0 Å². The fraction of sp³-hybridized carbons (Fsp3) is 1.00. The Balaban J connectivity index is 6.66. The Morgan fingerprint density at radius 2 is 1.21 bits per heavy atom. The van der Waals surface area contributed by atoms with Crippen molar-refractivity contribution in [2.24, 2.45) is 0 Å². The van der Waals surface area contributed by atoms with Crippen molar-refractivity contribution in [1.82, 2.24) is 0 Å². The van der Waals surface area contributed by atoms with Crippen molar-refractivity contribution in [2.45, 2.75) is 148 Å². The van der Waals surface area contributed by atoms with Gasteiger partial charge in [0, 0.05) is 12.1 Å². The highest BCUT2D eigenvalue weighted by molar-refractivity contribution is 6.80. The lowest BCUT2D eigenvalue weighted by molar-refractivity contribution is -0.274. The first kappa shape index (κ1) is 34.2. The van der Waals surface area contributed by atoms with Crippen LogP contribution in [0.4, 0.5) is 22.0 Å². The molecule has 4 atom stereocenters. The fourth-order valence-corrected chi connectivity index (χ4v) is 14.4. The molecule has 0 aromatic heterocycles. The van der Waals surface area contributed by atoms with Crippen LogP contribution >= 0.6 is 0 Å². The minimum atomic E-state index is -5.65. The Bertz CT molecular complexity index is 653. The van der Waals surface area contributed by atoms with Gasteiger partial charge in [-0.25, -0.2) is 0 Å². The number of alkyl halides is 5. The molecule has 0 radical (unpaired) electrons. The largest absolute Gasteiger partial charge is 0.453 e. The number of halogens is 5. The zero-order valence-electron chi connectivity index (χ0n) is 23.6. The average Bonchev–Trinajstić information content (AvgIpc) is 2.62. The summed E-state index contributed by atoms with van der Waals surface area (Å²) in [7, 11) is -9.00. The van der Waals surface area contributed by atoms with E-state index < -0.39 is 54.0 Å². The zero-order chi connectivity index (χ0) is 27.6. The highest BCUT2D eigenvalue weighted by Gasteiger charge is 2.64. The molecule has 0 N–H and O–H groups in total. The molecule has 0 saturated carbocycles. The summed E-state index contributed by atoms with van der Waals surface area (Å²) in [6.45, 7) is 24.8. The summed E-state index contributed by atoms with van der Waals surface area (Å²) in [5.74, 6) is -4.86. The van der Waals surface area contributed by atoms with E-state index in [2.05, 4.69) is 0 Å². The maximum atomic E-state index is 14.6. The van der Waals surface area contributed by atoms with Gasteiger partial charge in [-0.05, 0) is 70.9 Å². The van der Waals surface area contributed by atoms with Gasteiger partial charge in [0.25, 0.3) is 0 Å². The predicted molar refractivity (Wildman–Crippen MR) is 138 cm³/mol. The van der Waals surface area contributed by atoms with E-state index in [1.165, 1.54) is 6.55 Å². The third-order valence-corrected chi connectivity index (χ3v) is 20.6. The van der Waals surface area contributed by atoms with E-state index in [9.17, 15) is 22.0 Å². The first-order valence-corrected chi connectivity index (χ1v) is 20.9. The summed E-state index contributed by atoms with van der Waals surface area (Å²) in [4.78, 5) is 0. The molecule has 3 unspecified atom stereocenters. The molecule has 0 saturated heterocycles. The molecule has 3 nitrogen and oxygen atoms in total. The third-order valence-electron chi connectivity index (χ3n) is 7.76. The van der Waals surface area contributed by atoms with E-state index >= 15 is 0 Å². The summed E-state index contributed by atoms with van der Waals surface area (Å²) in [5, 5.41) is -1.19. The molecular weight excluding hydrogens is 503 g/mol. The van der Waals surface area contributed by atoms with Crippen molar-refractivity contribution in [1.29, 1.82) is 0 Å². The highest BCUT2D eigenvalue weighted by Crippen LogP contribution is 2.47. The van der Waals surface area contributed by atoms with Crippen molar-refractivity contribution in [3.8, 4) is 0 Å². The Morgan fingerprint density at radius 3 is 1.53 bits per heavy atom. The number of hydrogen-bond donors (Lipinski definition) is 0. The van der Waals surface area contributed by atoms with Crippen LogP contribution in [0.25, 0.3) is 0 Å². The molecule has 206 valence electrons. The van der Waals surface area contributed by atoms with Crippen molar-refractivity contribution in [2.75, 3.05) is 0 Å². The quantitative estimate of drug-likeness (QED) is 0.169. The van der Waals surface area contributed by atoms with E-state index in [-0.39, 0.29) is 11.1 Å². The average molecular weight is 553 g/mol. The van der Waals surface area contributed by atoms with Crippen LogP contribution in [-0.4, -0.2) is 54.1 Å². The molecule has 11 heteroatoms. The van der Waals surface area contributed by atoms with Gasteiger partial charge in [0.05, 0.1) is 11.0 Å². The Labute approximate surface area is 207 Å². The standard InChI is InChI=1S/C23H49F5O3Si3/c1-14-18(4)29-33(11,12)21(8,16-3)31-34(13,17-22(24,25)23(26,27)28)19(15-2)30-32(9,10)20(5,6)7/h18-19H,14-17H2,1-13H3/t18?,19?,21-,34?/m1/s1. The molecule has 0 aliphatic heterocycles. The van der Waals surface area contributed by atoms with Crippen LogP contribution in [-0.2, 0) is 13.3 Å². The minimum Gasteiger partial charge on any atom is -0.414 e. The summed E-state index contributed by atoms with van der Waals surface area (Å²) in [5.41, 5.74) is -0.805. The molecule has 0 spiro atoms. The van der Waals surface area contributed by atoms with Crippen LogP contribution in [0, 0.1) is 0 Å². The van der Waals surface area contributed by atoms with Crippen molar-refractivity contribution in [3.05, 3.63) is 0 Å². The molecule has 0 aliphatic rings. The van der Waals surface area contributed by atoms with Gasteiger partial charge >= 0.3 is 12.1 Å². The first-order valence-electron chi connectivity index (χ1n) is 12.3. The van der Waals surface area contributed by atoms with E-state index in [1.54, 1.807) is 6.92 Å². The van der Waals surface area contributed by atoms with Crippen LogP contribution in [0.5, 0.6) is 0 Å². The zero-order valence-corrected chi connectivity index (χ0v) is 26.6. The van der Waals surface area contributed by atoms with E-state index in [0.717, 1.165) is 6.42 Å². The van der Waals surface area contributed by atoms with Gasteiger partial charge in [-0.1, -0.05) is 41.5 Å². The maximum Gasteiger partial charge on any atom is 0.453 e. The Kier molecular flexibility index (Phi) is 11.3. The topological polar surface area (TPSA) is 27.7 Å². The Morgan fingerprint density at radius 1 is 0.735 bits per heavy atom. The first-order chi connectivity index (χ1) is 14.8. The fourth-order valence-electron chi connectivity index (χ4n) is 3.78. The summed E-state index contributed by atoms with van der Waals surface area (Å²) in [6, 6.07) is -1.37. The van der Waals surface area contributed by atoms with E-state index in [1.807, 2.05) is 74.7 Å². The lowest BCUT2D eigenvalue weighted by Gasteiger charge is -2.51. The van der Waals surface area contributed by atoms with Crippen molar-refractivity contribution >= 4 is 25.0 Å². The van der Waals surface area contributed by atoms with Crippen LogP contribution in [0.1, 0.15) is 74.7 Å². The van der Waals surface area contributed by atoms with Gasteiger partial charge in [0.15, 0.2) is 8.32 Å². The van der Waals surface area contributed by atoms with Crippen LogP contribution in [0.2, 0.25) is 43.8 Å². The maximum absolute atomic E-state index is 14.6. The molecule has 0 heterocycles. The van der Waals surface area contributed by atoms with Gasteiger partial charge in [-0.2, -0.15) is 22.0 Å². The molecule has 0 bridgehead atoms. The lowest BCUT2D eigenvalue weighted by atomic mass is 10.2. The van der Waals surface area contributed by atoms with Gasteiger partial charge < -0.3 is 13.3 Å². The summed E-state index contributed by atoms with van der Waals surface area (Å²) in [6.07, 6.45) is -4.20. The SMILES string of the molecule is CCC(C)O[Si](C)(C)[C@](C)(CC)O[Si](C)(CC(F)(F)C(F)(F)F)C(CC)O[Si](C)(C)C(C)(C)C. The third kappa shape index (κ3) is 8.09. The molecule has 0 amide bonds. The van der Waals surface area contributed by atoms with Crippen molar-refractivity contribution < 1.29 is 35.2 Å². The number of rotatable bonds is 13. The van der Waals surface area contributed by atoms with Crippen LogP contribution < -0.4 is 0 Å². The molecule has 0 aromatic rings. The van der Waals surface area contributed by atoms with E-state index in [0.29, 0.717) is 12.8 Å². The second-order valence-electron chi connectivity index (χ2n) is 12.0. The summed E-state index contributed by atoms with van der Waals surface area (Å²) >= 11 is 0. The number of hydrogen-bond acceptors (Lipinski definition) is 3. The molecule has 0 aliphatic carbocycles. The van der Waals surface area contributed by atoms with Gasteiger partial charge in [0.1, 0.15) is 0 Å². The van der Waals surface area contributed by atoms with E-state index in [4.69, 9.17) is 13.3 Å². The van der Waals surface area contributed by atoms with Gasteiger partial charge in [0.2, 0.25) is 16.6 Å². The molecular formula is C23H49F5O3Si3. The van der Waals surface area contributed by atoms with Gasteiger partial charge in [-0.3, -0.25) is 0 Å². The highest BCUT2D eigenvalue weighted by atomic mass is 28.4. The molecule has 0 fully saturated rings. The minimum absolute atomic E-state index is 0.0638. The lowest BCUT2D eigenvalue weighted by Crippen LogP contribution is -2.67. The monoisotopic (exact) mass is 552 g/mol. The smallest absolute Gasteiger partial charge is 0.414 e. The molecule has 0 aromatic carbocycles. The predicted octanol–water partition coefficient (Wildman–Crippen LogP) is 8.84. The summed E-state index contributed by atoms with van der Waals surface area (Å²) < 4.78 is 88.9. The molecule has 0 rings (SSSR count). The second kappa shape index (κ2) is 11.3. The molecule has 34 heavy (non-hydrogen) atoms. The Hall–Kier alpha value is 0.181. The van der Waals surface area contributed by atoms with Gasteiger partial charge in [-0.15, -0.1) is 0 Å². The second-order valence-corrected chi connectivity index (χ2v) is 24.9.